The first-order valence-electron chi connectivity index (χ1n) is 5.05. The third-order valence-corrected chi connectivity index (χ3v) is 4.20. The van der Waals surface area contributed by atoms with E-state index in [2.05, 4.69) is 38.1 Å². The molecular weight excluding hydrogens is 322 g/mol. The van der Waals surface area contributed by atoms with Crippen molar-refractivity contribution < 1.29 is 0 Å². The van der Waals surface area contributed by atoms with Crippen LogP contribution in [0.2, 0.25) is 5.15 Å². The average molecular weight is 333 g/mol. The van der Waals surface area contributed by atoms with Crippen molar-refractivity contribution in [2.75, 3.05) is 5.32 Å². The number of pyridine rings is 1. The molecule has 0 spiro atoms. The number of hydrogen-bond donors (Lipinski definition) is 1. The maximum Gasteiger partial charge on any atom is 0.152 e. The Hall–Kier alpha value is -0.650. The minimum Gasteiger partial charge on any atom is -0.375 e. The molecule has 0 saturated heterocycles. The highest BCUT2D eigenvalue weighted by atomic mass is 79.9. The fourth-order valence-electron chi connectivity index (χ4n) is 1.55. The van der Waals surface area contributed by atoms with Gasteiger partial charge in [-0.25, -0.2) is 9.97 Å². The molecular formula is C11H11BrClN3S. The zero-order valence-electron chi connectivity index (χ0n) is 9.37. The zero-order chi connectivity index (χ0) is 12.4. The van der Waals surface area contributed by atoms with E-state index in [1.54, 1.807) is 17.5 Å². The third-order valence-electron chi connectivity index (χ3n) is 2.35. The second-order valence-electron chi connectivity index (χ2n) is 3.66. The Morgan fingerprint density at radius 3 is 2.88 bits per heavy atom. The lowest BCUT2D eigenvalue weighted by Gasteiger charge is -2.15. The van der Waals surface area contributed by atoms with Gasteiger partial charge in [0.25, 0.3) is 0 Å². The number of aromatic nitrogens is 2. The molecule has 0 aromatic carbocycles. The molecule has 17 heavy (non-hydrogen) atoms. The molecule has 0 aliphatic carbocycles. The average Bonchev–Trinajstić information content (AvgIpc) is 2.70. The van der Waals surface area contributed by atoms with Crippen molar-refractivity contribution in [1.29, 1.82) is 0 Å². The molecule has 1 atom stereocenters. The molecule has 2 heterocycles. The predicted octanol–water partition coefficient (Wildman–Crippen LogP) is 4.44. The van der Waals surface area contributed by atoms with E-state index in [-0.39, 0.29) is 6.04 Å². The summed E-state index contributed by atoms with van der Waals surface area (Å²) in [6, 6.07) is 2.08. The van der Waals surface area contributed by atoms with E-state index in [0.717, 1.165) is 15.9 Å². The Kier molecular flexibility index (Phi) is 4.01. The van der Waals surface area contributed by atoms with E-state index < -0.39 is 0 Å². The van der Waals surface area contributed by atoms with Gasteiger partial charge in [-0.05, 0) is 35.8 Å². The minimum atomic E-state index is 0.163. The summed E-state index contributed by atoms with van der Waals surface area (Å²) in [6.45, 7) is 4.09. The van der Waals surface area contributed by atoms with Gasteiger partial charge >= 0.3 is 0 Å². The van der Waals surface area contributed by atoms with Gasteiger partial charge < -0.3 is 5.32 Å². The molecule has 0 saturated carbocycles. The molecule has 1 unspecified atom stereocenters. The van der Waals surface area contributed by atoms with E-state index in [1.807, 2.05) is 18.5 Å². The van der Waals surface area contributed by atoms with Crippen molar-refractivity contribution in [3.05, 3.63) is 38.0 Å². The summed E-state index contributed by atoms with van der Waals surface area (Å²) in [7, 11) is 0. The fourth-order valence-corrected chi connectivity index (χ4v) is 2.85. The second-order valence-corrected chi connectivity index (χ2v) is 5.82. The molecule has 0 amide bonds. The van der Waals surface area contributed by atoms with E-state index in [4.69, 9.17) is 11.6 Å². The van der Waals surface area contributed by atoms with Crippen molar-refractivity contribution in [3.63, 3.8) is 0 Å². The second kappa shape index (κ2) is 5.33. The maximum atomic E-state index is 6.03. The summed E-state index contributed by atoms with van der Waals surface area (Å²) in [6.07, 6.45) is 1.68. The molecule has 1 N–H and O–H groups in total. The van der Waals surface area contributed by atoms with Gasteiger partial charge in [-0.1, -0.05) is 11.6 Å². The quantitative estimate of drug-likeness (QED) is 0.845. The number of nitrogens with zero attached hydrogens (tertiary/aromatic N) is 2. The number of thiazole rings is 1. The first-order chi connectivity index (χ1) is 8.08. The lowest BCUT2D eigenvalue weighted by atomic mass is 10.2. The molecule has 0 aliphatic heterocycles. The molecule has 2 aromatic heterocycles. The van der Waals surface area contributed by atoms with Crippen LogP contribution < -0.4 is 5.32 Å². The first-order valence-corrected chi connectivity index (χ1v) is 7.10. The van der Waals surface area contributed by atoms with Gasteiger partial charge in [-0.2, -0.15) is 0 Å². The molecule has 6 heteroatoms. The van der Waals surface area contributed by atoms with Gasteiger partial charge in [0.05, 0.1) is 22.9 Å². The predicted molar refractivity (Wildman–Crippen MR) is 75.8 cm³/mol. The van der Waals surface area contributed by atoms with Crippen LogP contribution in [-0.4, -0.2) is 9.97 Å². The number of nitrogens with one attached hydrogen (secondary N) is 1. The lowest BCUT2D eigenvalue weighted by Crippen LogP contribution is -2.07. The van der Waals surface area contributed by atoms with E-state index in [0.29, 0.717) is 5.15 Å². The molecule has 3 nitrogen and oxygen atoms in total. The van der Waals surface area contributed by atoms with E-state index in [1.165, 1.54) is 4.88 Å². The molecule has 0 bridgehead atoms. The van der Waals surface area contributed by atoms with Crippen LogP contribution in [0.3, 0.4) is 0 Å². The molecule has 2 aromatic rings. The topological polar surface area (TPSA) is 37.8 Å². The number of hydrogen-bond acceptors (Lipinski definition) is 4. The van der Waals surface area contributed by atoms with Crippen molar-refractivity contribution in [1.82, 2.24) is 9.97 Å². The molecule has 0 fully saturated rings. The minimum absolute atomic E-state index is 0.163. The number of anilines is 1. The van der Waals surface area contributed by atoms with Crippen LogP contribution in [0.4, 0.5) is 5.69 Å². The maximum absolute atomic E-state index is 6.03. The standard InChI is InChI=1S/C11H11BrClN3S/c1-6-10(17-5-15-6)7(2)16-9-3-8(12)4-14-11(9)13/h3-5,7,16H,1-2H3. The third kappa shape index (κ3) is 2.97. The van der Waals surface area contributed by atoms with Gasteiger partial charge in [0.15, 0.2) is 5.15 Å². The Balaban J connectivity index is 2.21. The number of halogens is 2. The van der Waals surface area contributed by atoms with Crippen molar-refractivity contribution >= 4 is 44.6 Å². The largest absolute Gasteiger partial charge is 0.375 e. The van der Waals surface area contributed by atoms with E-state index >= 15 is 0 Å². The molecule has 0 aliphatic rings. The highest BCUT2D eigenvalue weighted by molar-refractivity contribution is 9.10. The van der Waals surface area contributed by atoms with Gasteiger partial charge in [0.2, 0.25) is 0 Å². The Morgan fingerprint density at radius 1 is 1.47 bits per heavy atom. The van der Waals surface area contributed by atoms with Gasteiger partial charge in [-0.3, -0.25) is 0 Å². The van der Waals surface area contributed by atoms with Gasteiger partial charge in [0, 0.05) is 15.5 Å². The SMILES string of the molecule is Cc1ncsc1C(C)Nc1cc(Br)cnc1Cl. The first kappa shape index (κ1) is 12.8. The molecule has 0 radical (unpaired) electrons. The molecule has 2 rings (SSSR count). The van der Waals surface area contributed by atoms with Crippen LogP contribution in [0.1, 0.15) is 23.5 Å². The normalized spacial score (nSPS) is 12.5. The van der Waals surface area contributed by atoms with Gasteiger partial charge in [0.1, 0.15) is 0 Å². The van der Waals surface area contributed by atoms with E-state index in [9.17, 15) is 0 Å². The summed E-state index contributed by atoms with van der Waals surface area (Å²) in [5, 5.41) is 3.81. The van der Waals surface area contributed by atoms with Crippen LogP contribution in [-0.2, 0) is 0 Å². The van der Waals surface area contributed by atoms with Crippen LogP contribution in [0, 0.1) is 6.92 Å². The summed E-state index contributed by atoms with van der Waals surface area (Å²) in [5.74, 6) is 0. The summed E-state index contributed by atoms with van der Waals surface area (Å²) in [4.78, 5) is 9.53. The van der Waals surface area contributed by atoms with Crippen LogP contribution in [0.25, 0.3) is 0 Å². The van der Waals surface area contributed by atoms with Crippen molar-refractivity contribution in [2.24, 2.45) is 0 Å². The molecule has 90 valence electrons. The van der Waals surface area contributed by atoms with Gasteiger partial charge in [-0.15, -0.1) is 11.3 Å². The number of rotatable bonds is 3. The number of aryl methyl sites for hydroxylation is 1. The lowest BCUT2D eigenvalue weighted by molar-refractivity contribution is 0.888. The highest BCUT2D eigenvalue weighted by Crippen LogP contribution is 2.29. The highest BCUT2D eigenvalue weighted by Gasteiger charge is 2.12. The Labute approximate surface area is 117 Å². The summed E-state index contributed by atoms with van der Waals surface area (Å²) >= 11 is 11.1. The zero-order valence-corrected chi connectivity index (χ0v) is 12.5. The van der Waals surface area contributed by atoms with Crippen LogP contribution >= 0.6 is 38.9 Å². The monoisotopic (exact) mass is 331 g/mol. The summed E-state index contributed by atoms with van der Waals surface area (Å²) in [5.41, 5.74) is 3.72. The van der Waals surface area contributed by atoms with Crippen LogP contribution in [0.5, 0.6) is 0 Å². The fraction of sp³-hybridized carbons (Fsp3) is 0.273. The van der Waals surface area contributed by atoms with Crippen molar-refractivity contribution in [2.45, 2.75) is 19.9 Å². The summed E-state index contributed by atoms with van der Waals surface area (Å²) < 4.78 is 0.901. The van der Waals surface area contributed by atoms with Crippen LogP contribution in [0.15, 0.2) is 22.2 Å². The smallest absolute Gasteiger partial charge is 0.152 e. The Bertz CT molecular complexity index is 529. The Morgan fingerprint density at radius 2 is 2.24 bits per heavy atom. The van der Waals surface area contributed by atoms with Crippen molar-refractivity contribution in [3.8, 4) is 0 Å².